The van der Waals surface area contributed by atoms with Gasteiger partial charge in [0.25, 0.3) is 10.0 Å². The van der Waals surface area contributed by atoms with E-state index in [1.807, 2.05) is 0 Å². The molecule has 0 saturated carbocycles. The molecule has 1 aromatic heterocycles. The van der Waals surface area contributed by atoms with Crippen LogP contribution in [0.3, 0.4) is 0 Å². The molecule has 1 aromatic rings. The van der Waals surface area contributed by atoms with Gasteiger partial charge in [0, 0.05) is 25.7 Å². The number of terminal acetylenes is 1. The summed E-state index contributed by atoms with van der Waals surface area (Å²) in [5.74, 6) is 3.05. The van der Waals surface area contributed by atoms with E-state index in [2.05, 4.69) is 15.6 Å². The highest BCUT2D eigenvalue weighted by Crippen LogP contribution is 2.08. The van der Waals surface area contributed by atoms with E-state index in [1.165, 1.54) is 6.20 Å². The topological polar surface area (TPSA) is 64.0 Å². The first-order valence-corrected chi connectivity index (χ1v) is 6.31. The summed E-state index contributed by atoms with van der Waals surface area (Å²) in [5.41, 5.74) is 0. The Labute approximate surface area is 95.9 Å². The van der Waals surface area contributed by atoms with Gasteiger partial charge in [0.05, 0.1) is 0 Å². The molecular formula is C10H15N3O2S. The second-order valence-corrected chi connectivity index (χ2v) is 5.33. The van der Waals surface area contributed by atoms with Gasteiger partial charge in [-0.15, -0.1) is 12.3 Å². The van der Waals surface area contributed by atoms with Crippen molar-refractivity contribution in [1.82, 2.24) is 14.3 Å². The maximum absolute atomic E-state index is 11.8. The quantitative estimate of drug-likeness (QED) is 0.777. The van der Waals surface area contributed by atoms with E-state index in [4.69, 9.17) is 6.42 Å². The largest absolute Gasteiger partial charge is 0.337 e. The van der Waals surface area contributed by atoms with Crippen LogP contribution in [0.2, 0.25) is 0 Å². The van der Waals surface area contributed by atoms with Gasteiger partial charge in [-0.05, 0) is 13.8 Å². The van der Waals surface area contributed by atoms with Crippen molar-refractivity contribution >= 4 is 10.0 Å². The predicted molar refractivity (Wildman–Crippen MR) is 61.2 cm³/mol. The van der Waals surface area contributed by atoms with Crippen molar-refractivity contribution in [2.45, 2.75) is 31.3 Å². The molecule has 1 heterocycles. The third kappa shape index (κ3) is 2.84. The Morgan fingerprint density at radius 1 is 1.69 bits per heavy atom. The predicted octanol–water partition coefficient (Wildman–Crippen LogP) is 0.419. The SMILES string of the molecule is C#CCC(C)NS(=O)(=O)c1cn(C)c(C)n1. The van der Waals surface area contributed by atoms with E-state index in [-0.39, 0.29) is 11.1 Å². The van der Waals surface area contributed by atoms with E-state index < -0.39 is 10.0 Å². The van der Waals surface area contributed by atoms with E-state index in [1.54, 1.807) is 25.5 Å². The highest BCUT2D eigenvalue weighted by molar-refractivity contribution is 7.89. The van der Waals surface area contributed by atoms with Crippen LogP contribution in [0.15, 0.2) is 11.2 Å². The van der Waals surface area contributed by atoms with Gasteiger partial charge in [-0.1, -0.05) is 0 Å². The van der Waals surface area contributed by atoms with Gasteiger partial charge in [0.15, 0.2) is 5.03 Å². The van der Waals surface area contributed by atoms with Crippen LogP contribution >= 0.6 is 0 Å². The van der Waals surface area contributed by atoms with Crippen molar-refractivity contribution in [3.63, 3.8) is 0 Å². The lowest BCUT2D eigenvalue weighted by Crippen LogP contribution is -2.32. The number of hydrogen-bond donors (Lipinski definition) is 1. The summed E-state index contributed by atoms with van der Waals surface area (Å²) in [6, 6.07) is -0.294. The summed E-state index contributed by atoms with van der Waals surface area (Å²) in [6.45, 7) is 3.46. The molecule has 0 fully saturated rings. The van der Waals surface area contributed by atoms with E-state index in [9.17, 15) is 8.42 Å². The Hall–Kier alpha value is -1.32. The standard InChI is InChI=1S/C10H15N3O2S/c1-5-6-8(2)12-16(14,15)10-7-13(4)9(3)11-10/h1,7-8,12H,6H2,2-4H3. The highest BCUT2D eigenvalue weighted by Gasteiger charge is 2.20. The zero-order chi connectivity index (χ0) is 12.3. The fourth-order valence-corrected chi connectivity index (χ4v) is 2.48. The first-order chi connectivity index (χ1) is 7.36. The smallest absolute Gasteiger partial charge is 0.259 e. The lowest BCUT2D eigenvalue weighted by molar-refractivity contribution is 0.560. The van der Waals surface area contributed by atoms with Crippen molar-refractivity contribution in [2.75, 3.05) is 0 Å². The molecule has 0 spiro atoms. The third-order valence-corrected chi connectivity index (χ3v) is 3.60. The number of rotatable bonds is 4. The number of aryl methyl sites for hydroxylation is 2. The molecule has 88 valence electrons. The van der Waals surface area contributed by atoms with Crippen LogP contribution in [0, 0.1) is 19.3 Å². The molecule has 16 heavy (non-hydrogen) atoms. The lowest BCUT2D eigenvalue weighted by atomic mass is 10.3. The minimum absolute atomic E-state index is 0.0244. The minimum Gasteiger partial charge on any atom is -0.337 e. The molecule has 0 bridgehead atoms. The number of nitrogens with zero attached hydrogens (tertiary/aromatic N) is 2. The average Bonchev–Trinajstić information content (AvgIpc) is 2.47. The Bertz CT molecular complexity index is 491. The number of aromatic nitrogens is 2. The Morgan fingerprint density at radius 2 is 2.31 bits per heavy atom. The molecule has 0 aromatic carbocycles. The summed E-state index contributed by atoms with van der Waals surface area (Å²) in [7, 11) is -1.82. The molecule has 0 aliphatic heterocycles. The number of imidazole rings is 1. The highest BCUT2D eigenvalue weighted by atomic mass is 32.2. The number of hydrogen-bond acceptors (Lipinski definition) is 3. The summed E-state index contributed by atoms with van der Waals surface area (Å²) >= 11 is 0. The molecule has 0 aliphatic carbocycles. The number of sulfonamides is 1. The van der Waals surface area contributed by atoms with Crippen LogP contribution in [0.5, 0.6) is 0 Å². The van der Waals surface area contributed by atoms with Crippen molar-refractivity contribution < 1.29 is 8.42 Å². The lowest BCUT2D eigenvalue weighted by Gasteiger charge is -2.09. The summed E-state index contributed by atoms with van der Waals surface area (Å²) in [5, 5.41) is 0.0244. The van der Waals surface area contributed by atoms with Crippen LogP contribution < -0.4 is 4.72 Å². The fraction of sp³-hybridized carbons (Fsp3) is 0.500. The summed E-state index contributed by atoms with van der Waals surface area (Å²) in [6.07, 6.45) is 6.94. The van der Waals surface area contributed by atoms with E-state index in [0.29, 0.717) is 12.2 Å². The molecule has 0 amide bonds. The molecule has 0 aliphatic rings. The molecule has 0 radical (unpaired) electrons. The second-order valence-electron chi connectivity index (χ2n) is 3.67. The van der Waals surface area contributed by atoms with Crippen molar-refractivity contribution in [1.29, 1.82) is 0 Å². The Kier molecular flexibility index (Phi) is 3.73. The molecule has 1 rings (SSSR count). The van der Waals surface area contributed by atoms with Crippen LogP contribution in [0.4, 0.5) is 0 Å². The van der Waals surface area contributed by atoms with Crippen molar-refractivity contribution in [3.05, 3.63) is 12.0 Å². The van der Waals surface area contributed by atoms with E-state index in [0.717, 1.165) is 0 Å². The summed E-state index contributed by atoms with van der Waals surface area (Å²) < 4.78 is 27.8. The molecule has 5 nitrogen and oxygen atoms in total. The molecule has 1 unspecified atom stereocenters. The number of nitrogens with one attached hydrogen (secondary N) is 1. The zero-order valence-corrected chi connectivity index (χ0v) is 10.4. The van der Waals surface area contributed by atoms with Gasteiger partial charge >= 0.3 is 0 Å². The molecule has 0 saturated heterocycles. The van der Waals surface area contributed by atoms with Crippen LogP contribution in [0.25, 0.3) is 0 Å². The Morgan fingerprint density at radius 3 is 2.75 bits per heavy atom. The molecule has 1 atom stereocenters. The van der Waals surface area contributed by atoms with Crippen molar-refractivity contribution in [2.24, 2.45) is 7.05 Å². The van der Waals surface area contributed by atoms with Crippen LogP contribution in [0.1, 0.15) is 19.2 Å². The molecular weight excluding hydrogens is 226 g/mol. The minimum atomic E-state index is -3.56. The van der Waals surface area contributed by atoms with Crippen LogP contribution in [-0.4, -0.2) is 24.0 Å². The Balaban J connectivity index is 2.91. The van der Waals surface area contributed by atoms with Gasteiger partial charge < -0.3 is 4.57 Å². The van der Waals surface area contributed by atoms with Gasteiger partial charge in [-0.2, -0.15) is 0 Å². The maximum Gasteiger partial charge on any atom is 0.259 e. The fourth-order valence-electron chi connectivity index (χ4n) is 1.20. The molecule has 1 N–H and O–H groups in total. The normalized spacial score (nSPS) is 13.4. The van der Waals surface area contributed by atoms with Gasteiger partial charge in [0.1, 0.15) is 5.82 Å². The first-order valence-electron chi connectivity index (χ1n) is 4.82. The third-order valence-electron chi connectivity index (χ3n) is 2.14. The van der Waals surface area contributed by atoms with Crippen molar-refractivity contribution in [3.8, 4) is 12.3 Å². The molecule has 6 heteroatoms. The first kappa shape index (κ1) is 12.7. The van der Waals surface area contributed by atoms with Gasteiger partial charge in [0.2, 0.25) is 0 Å². The van der Waals surface area contributed by atoms with Crippen LogP contribution in [-0.2, 0) is 17.1 Å². The maximum atomic E-state index is 11.8. The second kappa shape index (κ2) is 4.68. The van der Waals surface area contributed by atoms with E-state index >= 15 is 0 Å². The summed E-state index contributed by atoms with van der Waals surface area (Å²) in [4.78, 5) is 3.96. The van der Waals surface area contributed by atoms with Gasteiger partial charge in [-0.3, -0.25) is 0 Å². The van der Waals surface area contributed by atoms with Gasteiger partial charge in [-0.25, -0.2) is 18.1 Å². The monoisotopic (exact) mass is 241 g/mol. The average molecular weight is 241 g/mol. The zero-order valence-electron chi connectivity index (χ0n) is 9.56.